The predicted octanol–water partition coefficient (Wildman–Crippen LogP) is 2.84. The molecule has 4 rings (SSSR count). The number of aliphatic hydroxyl groups excluding tert-OH is 1. The molecule has 0 aliphatic carbocycles. The number of amides is 1. The lowest BCUT2D eigenvalue weighted by molar-refractivity contribution is -0.0697. The molecule has 2 heterocycles. The van der Waals surface area contributed by atoms with Crippen molar-refractivity contribution < 1.29 is 24.1 Å². The van der Waals surface area contributed by atoms with Crippen LogP contribution in [0.2, 0.25) is 0 Å². The summed E-state index contributed by atoms with van der Waals surface area (Å²) >= 11 is 0. The van der Waals surface area contributed by atoms with Crippen LogP contribution in [-0.2, 0) is 11.2 Å². The molecule has 0 saturated carbocycles. The van der Waals surface area contributed by atoms with Crippen LogP contribution in [0.25, 0.3) is 0 Å². The standard InChI is InChI=1S/C23H27NO5/c1-14-15(2)22-19(11-17(14)10-16-4-6-18(27-3)7-5-16)23(26)24(13-29-22)20-12-28-9-8-21(20)25/h4-7,11,20-21,25H,8-10,12-13H2,1-3H3/t20-,21-/m1/s1. The molecule has 2 aliphatic rings. The van der Waals surface area contributed by atoms with Gasteiger partial charge in [0.25, 0.3) is 5.91 Å². The molecule has 2 aromatic carbocycles. The molecular weight excluding hydrogens is 370 g/mol. The van der Waals surface area contributed by atoms with Crippen LogP contribution in [0.4, 0.5) is 0 Å². The third-order valence-corrected chi connectivity index (χ3v) is 6.03. The second-order valence-corrected chi connectivity index (χ2v) is 7.73. The van der Waals surface area contributed by atoms with Gasteiger partial charge in [-0.2, -0.15) is 0 Å². The number of carbonyl (C=O) groups excluding carboxylic acids is 1. The van der Waals surface area contributed by atoms with Crippen molar-refractivity contribution in [1.82, 2.24) is 4.90 Å². The van der Waals surface area contributed by atoms with Gasteiger partial charge in [0.05, 0.1) is 31.4 Å². The minimum absolute atomic E-state index is 0.111. The molecule has 29 heavy (non-hydrogen) atoms. The summed E-state index contributed by atoms with van der Waals surface area (Å²) in [6.45, 7) is 5.03. The number of benzene rings is 2. The maximum atomic E-state index is 13.3. The third-order valence-electron chi connectivity index (χ3n) is 6.03. The van der Waals surface area contributed by atoms with E-state index in [1.54, 1.807) is 12.0 Å². The van der Waals surface area contributed by atoms with Crippen LogP contribution in [0.5, 0.6) is 11.5 Å². The van der Waals surface area contributed by atoms with Gasteiger partial charge in [-0.25, -0.2) is 0 Å². The van der Waals surface area contributed by atoms with Crippen molar-refractivity contribution in [3.05, 3.63) is 58.1 Å². The SMILES string of the molecule is COc1ccc(Cc2cc3c(c(C)c2C)OCN([C@@H]2COCC[C@H]2O)C3=O)cc1. The van der Waals surface area contributed by atoms with Gasteiger partial charge in [0.2, 0.25) is 0 Å². The minimum Gasteiger partial charge on any atom is -0.497 e. The largest absolute Gasteiger partial charge is 0.497 e. The average Bonchev–Trinajstić information content (AvgIpc) is 2.74. The van der Waals surface area contributed by atoms with Crippen molar-refractivity contribution in [3.8, 4) is 11.5 Å². The first kappa shape index (κ1) is 19.7. The molecule has 6 heteroatoms. The van der Waals surface area contributed by atoms with E-state index < -0.39 is 6.10 Å². The van der Waals surface area contributed by atoms with E-state index in [0.717, 1.165) is 28.0 Å². The van der Waals surface area contributed by atoms with Crippen LogP contribution in [-0.4, -0.2) is 55.1 Å². The Labute approximate surface area is 171 Å². The first-order valence-corrected chi connectivity index (χ1v) is 9.95. The predicted molar refractivity (Wildman–Crippen MR) is 109 cm³/mol. The number of methoxy groups -OCH3 is 1. The number of rotatable bonds is 4. The van der Waals surface area contributed by atoms with Crippen LogP contribution < -0.4 is 9.47 Å². The number of fused-ring (bicyclic) bond motifs is 1. The summed E-state index contributed by atoms with van der Waals surface area (Å²) < 4.78 is 16.7. The molecule has 1 N–H and O–H groups in total. The molecule has 2 aromatic rings. The highest BCUT2D eigenvalue weighted by Crippen LogP contribution is 2.35. The van der Waals surface area contributed by atoms with E-state index in [0.29, 0.717) is 37.4 Å². The fraction of sp³-hybridized carbons (Fsp3) is 0.435. The minimum atomic E-state index is -0.594. The first-order chi connectivity index (χ1) is 14.0. The van der Waals surface area contributed by atoms with Crippen molar-refractivity contribution in [1.29, 1.82) is 0 Å². The molecular formula is C23H27NO5. The summed E-state index contributed by atoms with van der Waals surface area (Å²) in [6.07, 6.45) is 0.645. The Balaban J connectivity index is 1.65. The summed E-state index contributed by atoms with van der Waals surface area (Å²) in [4.78, 5) is 14.9. The van der Waals surface area contributed by atoms with Crippen molar-refractivity contribution in [2.45, 2.75) is 38.8 Å². The molecule has 1 amide bonds. The lowest BCUT2D eigenvalue weighted by atomic mass is 9.92. The first-order valence-electron chi connectivity index (χ1n) is 9.95. The number of aliphatic hydroxyl groups is 1. The fourth-order valence-electron chi connectivity index (χ4n) is 4.06. The molecule has 6 nitrogen and oxygen atoms in total. The quantitative estimate of drug-likeness (QED) is 0.859. The monoisotopic (exact) mass is 397 g/mol. The Morgan fingerprint density at radius 3 is 2.66 bits per heavy atom. The maximum Gasteiger partial charge on any atom is 0.260 e. The topological polar surface area (TPSA) is 68.2 Å². The van der Waals surface area contributed by atoms with Crippen LogP contribution in [0.3, 0.4) is 0 Å². The lowest BCUT2D eigenvalue weighted by Crippen LogP contribution is -2.55. The fourth-order valence-corrected chi connectivity index (χ4v) is 4.06. The Morgan fingerprint density at radius 2 is 1.97 bits per heavy atom. The van der Waals surface area contributed by atoms with E-state index >= 15 is 0 Å². The van der Waals surface area contributed by atoms with E-state index in [-0.39, 0.29) is 18.7 Å². The van der Waals surface area contributed by atoms with Gasteiger partial charge in [-0.1, -0.05) is 12.1 Å². The summed E-state index contributed by atoms with van der Waals surface area (Å²) in [5.41, 5.74) is 4.90. The van der Waals surface area contributed by atoms with Crippen LogP contribution in [0.15, 0.2) is 30.3 Å². The number of ether oxygens (including phenoxy) is 3. The second-order valence-electron chi connectivity index (χ2n) is 7.73. The number of hydrogen-bond acceptors (Lipinski definition) is 5. The third kappa shape index (κ3) is 3.70. The molecule has 1 saturated heterocycles. The van der Waals surface area contributed by atoms with Crippen molar-refractivity contribution in [2.24, 2.45) is 0 Å². The molecule has 0 unspecified atom stereocenters. The zero-order valence-electron chi connectivity index (χ0n) is 17.1. The molecule has 0 radical (unpaired) electrons. The van der Waals surface area contributed by atoms with E-state index in [1.165, 1.54) is 0 Å². The Hall–Kier alpha value is -2.57. The van der Waals surface area contributed by atoms with Crippen LogP contribution >= 0.6 is 0 Å². The second kappa shape index (κ2) is 8.05. The van der Waals surface area contributed by atoms with Crippen LogP contribution in [0.1, 0.15) is 39.0 Å². The van der Waals surface area contributed by atoms with Gasteiger partial charge >= 0.3 is 0 Å². The molecule has 1 fully saturated rings. The van der Waals surface area contributed by atoms with Crippen LogP contribution in [0, 0.1) is 13.8 Å². The summed E-state index contributed by atoms with van der Waals surface area (Å²) in [6, 6.07) is 9.51. The zero-order chi connectivity index (χ0) is 20.5. The highest BCUT2D eigenvalue weighted by molar-refractivity contribution is 5.99. The highest BCUT2D eigenvalue weighted by atomic mass is 16.5. The van der Waals surface area contributed by atoms with E-state index in [4.69, 9.17) is 14.2 Å². The maximum absolute atomic E-state index is 13.3. The van der Waals surface area contributed by atoms with Gasteiger partial charge in [-0.3, -0.25) is 9.69 Å². The summed E-state index contributed by atoms with van der Waals surface area (Å²) in [5.74, 6) is 1.35. The number of nitrogens with zero attached hydrogens (tertiary/aromatic N) is 1. The highest BCUT2D eigenvalue weighted by Gasteiger charge is 2.37. The van der Waals surface area contributed by atoms with Gasteiger partial charge in [-0.15, -0.1) is 0 Å². The number of carbonyl (C=O) groups is 1. The van der Waals surface area contributed by atoms with Crippen molar-refractivity contribution >= 4 is 5.91 Å². The Bertz CT molecular complexity index is 908. The molecule has 2 atom stereocenters. The van der Waals surface area contributed by atoms with Gasteiger partial charge < -0.3 is 19.3 Å². The van der Waals surface area contributed by atoms with Crippen molar-refractivity contribution in [3.63, 3.8) is 0 Å². The Morgan fingerprint density at radius 1 is 1.21 bits per heavy atom. The molecule has 2 aliphatic heterocycles. The summed E-state index contributed by atoms with van der Waals surface area (Å²) in [7, 11) is 1.65. The molecule has 0 bridgehead atoms. The van der Waals surface area contributed by atoms with Gasteiger partial charge in [0.1, 0.15) is 11.5 Å². The molecule has 0 aromatic heterocycles. The van der Waals surface area contributed by atoms with Gasteiger partial charge in [0, 0.05) is 6.61 Å². The normalized spacial score (nSPS) is 21.5. The van der Waals surface area contributed by atoms with Crippen molar-refractivity contribution in [2.75, 3.05) is 27.1 Å². The smallest absolute Gasteiger partial charge is 0.260 e. The van der Waals surface area contributed by atoms with E-state index in [9.17, 15) is 9.90 Å². The lowest BCUT2D eigenvalue weighted by Gasteiger charge is -2.40. The molecule has 0 spiro atoms. The average molecular weight is 397 g/mol. The van der Waals surface area contributed by atoms with Gasteiger partial charge in [-0.05, 0) is 67.1 Å². The molecule has 154 valence electrons. The Kier molecular flexibility index (Phi) is 5.48. The van der Waals surface area contributed by atoms with E-state index in [2.05, 4.69) is 6.92 Å². The van der Waals surface area contributed by atoms with Gasteiger partial charge in [0.15, 0.2) is 6.73 Å². The number of hydrogen-bond donors (Lipinski definition) is 1. The zero-order valence-corrected chi connectivity index (χ0v) is 17.1. The summed E-state index contributed by atoms with van der Waals surface area (Å²) in [5, 5.41) is 10.3. The van der Waals surface area contributed by atoms with E-state index in [1.807, 2.05) is 37.3 Å².